The zero-order valence-electron chi connectivity index (χ0n) is 17.4. The van der Waals surface area contributed by atoms with E-state index in [1.807, 2.05) is 49.4 Å². The molecule has 156 valence electrons. The van der Waals surface area contributed by atoms with Crippen LogP contribution in [0.5, 0.6) is 0 Å². The second-order valence-electron chi connectivity index (χ2n) is 7.36. The number of rotatable bonds is 8. The molecule has 0 aliphatic heterocycles. The normalized spacial score (nSPS) is 11.8. The SMILES string of the molecule is CCNC(=O)[C@H](C)N(Cc1cccc(Br)c1)C(=O)CCc1cccc2ccccc12. The van der Waals surface area contributed by atoms with Gasteiger partial charge in [-0.1, -0.05) is 70.5 Å². The number of carbonyl (C=O) groups excluding carboxylic acids is 2. The van der Waals surface area contributed by atoms with Gasteiger partial charge < -0.3 is 10.2 Å². The van der Waals surface area contributed by atoms with Crippen molar-refractivity contribution in [2.24, 2.45) is 0 Å². The Morgan fingerprint density at radius 3 is 2.53 bits per heavy atom. The van der Waals surface area contributed by atoms with E-state index in [2.05, 4.69) is 45.5 Å². The summed E-state index contributed by atoms with van der Waals surface area (Å²) in [7, 11) is 0. The van der Waals surface area contributed by atoms with Gasteiger partial charge in [0.15, 0.2) is 0 Å². The van der Waals surface area contributed by atoms with Crippen LogP contribution >= 0.6 is 15.9 Å². The molecule has 0 fully saturated rings. The van der Waals surface area contributed by atoms with E-state index < -0.39 is 6.04 Å². The Balaban J connectivity index is 1.79. The average molecular weight is 467 g/mol. The summed E-state index contributed by atoms with van der Waals surface area (Å²) in [6, 6.07) is 21.7. The molecule has 30 heavy (non-hydrogen) atoms. The van der Waals surface area contributed by atoms with Gasteiger partial charge in [-0.3, -0.25) is 9.59 Å². The summed E-state index contributed by atoms with van der Waals surface area (Å²) in [5, 5.41) is 5.17. The molecule has 0 unspecified atom stereocenters. The molecule has 0 saturated carbocycles. The molecular formula is C25H27BrN2O2. The molecule has 0 aliphatic rings. The minimum atomic E-state index is -0.538. The van der Waals surface area contributed by atoms with Gasteiger partial charge in [-0.15, -0.1) is 0 Å². The Hall–Kier alpha value is -2.66. The predicted octanol–water partition coefficient (Wildman–Crippen LogP) is 5.09. The molecule has 3 aromatic carbocycles. The van der Waals surface area contributed by atoms with Gasteiger partial charge in [0.05, 0.1) is 0 Å². The van der Waals surface area contributed by atoms with Crippen molar-refractivity contribution in [1.29, 1.82) is 0 Å². The van der Waals surface area contributed by atoms with E-state index in [9.17, 15) is 9.59 Å². The maximum atomic E-state index is 13.2. The van der Waals surface area contributed by atoms with Crippen LogP contribution in [0.1, 0.15) is 31.4 Å². The lowest BCUT2D eigenvalue weighted by molar-refractivity contribution is -0.140. The lowest BCUT2D eigenvalue weighted by atomic mass is 10.0. The number of carbonyl (C=O) groups is 2. The van der Waals surface area contributed by atoms with Crippen LogP contribution in [0, 0.1) is 0 Å². The van der Waals surface area contributed by atoms with Gasteiger partial charge in [0.2, 0.25) is 11.8 Å². The zero-order chi connectivity index (χ0) is 21.5. The first kappa shape index (κ1) is 22.0. The van der Waals surface area contributed by atoms with Crippen molar-refractivity contribution in [2.75, 3.05) is 6.54 Å². The van der Waals surface area contributed by atoms with Crippen LogP contribution in [0.15, 0.2) is 71.2 Å². The van der Waals surface area contributed by atoms with Crippen molar-refractivity contribution in [3.05, 3.63) is 82.3 Å². The number of fused-ring (bicyclic) bond motifs is 1. The smallest absolute Gasteiger partial charge is 0.242 e. The monoisotopic (exact) mass is 466 g/mol. The van der Waals surface area contributed by atoms with E-state index in [0.717, 1.165) is 15.6 Å². The molecule has 0 saturated heterocycles. The van der Waals surface area contributed by atoms with Gasteiger partial charge in [0.1, 0.15) is 6.04 Å². The molecule has 5 heteroatoms. The molecule has 3 aromatic rings. The van der Waals surface area contributed by atoms with Crippen molar-refractivity contribution in [3.63, 3.8) is 0 Å². The summed E-state index contributed by atoms with van der Waals surface area (Å²) in [6.45, 7) is 4.61. The number of hydrogen-bond acceptors (Lipinski definition) is 2. The van der Waals surface area contributed by atoms with Crippen LogP contribution in [0.3, 0.4) is 0 Å². The van der Waals surface area contributed by atoms with Crippen LogP contribution in [0.25, 0.3) is 10.8 Å². The highest BCUT2D eigenvalue weighted by Crippen LogP contribution is 2.21. The minimum absolute atomic E-state index is 0.0262. The minimum Gasteiger partial charge on any atom is -0.355 e. The molecular weight excluding hydrogens is 440 g/mol. The highest BCUT2D eigenvalue weighted by molar-refractivity contribution is 9.10. The summed E-state index contributed by atoms with van der Waals surface area (Å²) in [4.78, 5) is 27.4. The first-order valence-electron chi connectivity index (χ1n) is 10.3. The fraction of sp³-hybridized carbons (Fsp3) is 0.280. The fourth-order valence-electron chi connectivity index (χ4n) is 3.63. The summed E-state index contributed by atoms with van der Waals surface area (Å²) in [5.41, 5.74) is 2.13. The lowest BCUT2D eigenvalue weighted by Crippen LogP contribution is -2.47. The highest BCUT2D eigenvalue weighted by Gasteiger charge is 2.25. The molecule has 3 rings (SSSR count). The molecule has 1 atom stereocenters. The maximum absolute atomic E-state index is 13.2. The standard InChI is InChI=1S/C25H27BrN2O2/c1-3-27-25(30)18(2)28(17-19-8-6-12-22(26)16-19)24(29)15-14-21-11-7-10-20-9-4-5-13-23(20)21/h4-13,16,18H,3,14-15,17H2,1-2H3,(H,27,30)/t18-/m0/s1. The summed E-state index contributed by atoms with van der Waals surface area (Å²) in [5.74, 6) is -0.160. The summed E-state index contributed by atoms with van der Waals surface area (Å²) >= 11 is 3.48. The van der Waals surface area contributed by atoms with Crippen LogP contribution in [-0.4, -0.2) is 29.3 Å². The summed E-state index contributed by atoms with van der Waals surface area (Å²) < 4.78 is 0.953. The second kappa shape index (κ2) is 10.4. The van der Waals surface area contributed by atoms with Crippen LogP contribution in [0.2, 0.25) is 0 Å². The van der Waals surface area contributed by atoms with Crippen molar-refractivity contribution >= 4 is 38.5 Å². The maximum Gasteiger partial charge on any atom is 0.242 e. The highest BCUT2D eigenvalue weighted by atomic mass is 79.9. The third kappa shape index (κ3) is 5.48. The molecule has 0 bridgehead atoms. The van der Waals surface area contributed by atoms with Gasteiger partial charge in [0, 0.05) is 24.0 Å². The quantitative estimate of drug-likeness (QED) is 0.502. The lowest BCUT2D eigenvalue weighted by Gasteiger charge is -2.29. The number of benzene rings is 3. The molecule has 0 aliphatic carbocycles. The third-order valence-corrected chi connectivity index (χ3v) is 5.74. The van der Waals surface area contributed by atoms with Crippen LogP contribution < -0.4 is 5.32 Å². The van der Waals surface area contributed by atoms with Crippen molar-refractivity contribution in [1.82, 2.24) is 10.2 Å². The Labute approximate surface area is 186 Å². The molecule has 0 heterocycles. The first-order valence-corrected chi connectivity index (χ1v) is 11.1. The van der Waals surface area contributed by atoms with Gasteiger partial charge >= 0.3 is 0 Å². The predicted molar refractivity (Wildman–Crippen MR) is 125 cm³/mol. The van der Waals surface area contributed by atoms with Crippen molar-refractivity contribution in [3.8, 4) is 0 Å². The first-order chi connectivity index (χ1) is 14.5. The van der Waals surface area contributed by atoms with Gasteiger partial charge in [-0.2, -0.15) is 0 Å². The van der Waals surface area contributed by atoms with E-state index in [-0.39, 0.29) is 11.8 Å². The van der Waals surface area contributed by atoms with Crippen molar-refractivity contribution in [2.45, 2.75) is 39.3 Å². The Morgan fingerprint density at radius 2 is 1.77 bits per heavy atom. The molecule has 1 N–H and O–H groups in total. The number of amides is 2. The Kier molecular flexibility index (Phi) is 7.63. The zero-order valence-corrected chi connectivity index (χ0v) is 19.0. The number of halogens is 1. The number of hydrogen-bond donors (Lipinski definition) is 1. The Morgan fingerprint density at radius 1 is 1.03 bits per heavy atom. The largest absolute Gasteiger partial charge is 0.355 e. The Bertz CT molecular complexity index is 1030. The number of aryl methyl sites for hydroxylation is 1. The van der Waals surface area contributed by atoms with Crippen LogP contribution in [-0.2, 0) is 22.6 Å². The molecule has 0 spiro atoms. The third-order valence-electron chi connectivity index (χ3n) is 5.25. The van der Waals surface area contributed by atoms with E-state index in [1.54, 1.807) is 11.8 Å². The van der Waals surface area contributed by atoms with E-state index in [1.165, 1.54) is 10.8 Å². The van der Waals surface area contributed by atoms with Crippen molar-refractivity contribution < 1.29 is 9.59 Å². The second-order valence-corrected chi connectivity index (χ2v) is 8.28. The molecule has 2 amide bonds. The van der Waals surface area contributed by atoms with Gasteiger partial charge in [-0.05, 0) is 54.3 Å². The van der Waals surface area contributed by atoms with Gasteiger partial charge in [0.25, 0.3) is 0 Å². The average Bonchev–Trinajstić information content (AvgIpc) is 2.75. The topological polar surface area (TPSA) is 49.4 Å². The van der Waals surface area contributed by atoms with Crippen LogP contribution in [0.4, 0.5) is 0 Å². The molecule has 4 nitrogen and oxygen atoms in total. The van der Waals surface area contributed by atoms with Gasteiger partial charge in [-0.25, -0.2) is 0 Å². The van der Waals surface area contributed by atoms with E-state index >= 15 is 0 Å². The number of nitrogens with one attached hydrogen (secondary N) is 1. The molecule has 0 radical (unpaired) electrons. The number of likely N-dealkylation sites (N-methyl/N-ethyl adjacent to an activating group) is 1. The fourth-order valence-corrected chi connectivity index (χ4v) is 4.08. The summed E-state index contributed by atoms with van der Waals surface area (Å²) in [6.07, 6.45) is 0.989. The van der Waals surface area contributed by atoms with E-state index in [4.69, 9.17) is 0 Å². The molecule has 0 aromatic heterocycles. The number of nitrogens with zero attached hydrogens (tertiary/aromatic N) is 1. The van der Waals surface area contributed by atoms with E-state index in [0.29, 0.717) is 25.9 Å².